The molecule has 0 bridgehead atoms. The summed E-state index contributed by atoms with van der Waals surface area (Å²) in [5.41, 5.74) is 0. The van der Waals surface area contributed by atoms with E-state index in [0.29, 0.717) is 0 Å². The first-order valence-electron chi connectivity index (χ1n) is 6.27. The third-order valence-electron chi connectivity index (χ3n) is 2.66. The number of amides is 1. The van der Waals surface area contributed by atoms with E-state index < -0.39 is 0 Å². The van der Waals surface area contributed by atoms with E-state index in [-0.39, 0.29) is 34.5 Å². The zero-order valence-corrected chi connectivity index (χ0v) is 13.2. The maximum absolute atomic E-state index is 12.3. The quantitative estimate of drug-likeness (QED) is 0.698. The van der Waals surface area contributed by atoms with Crippen LogP contribution in [0.3, 0.4) is 0 Å². The van der Waals surface area contributed by atoms with Gasteiger partial charge in [0.05, 0.1) is 12.4 Å². The number of thioether (sulfide) groups is 1. The molecule has 18 heavy (non-hydrogen) atoms. The smallest absolute Gasteiger partial charge is 0.318 e. The Morgan fingerprint density at radius 1 is 0.944 bits per heavy atom. The van der Waals surface area contributed by atoms with E-state index in [4.69, 9.17) is 0 Å². The number of rotatable bonds is 6. The van der Waals surface area contributed by atoms with Crippen LogP contribution in [0.15, 0.2) is 0 Å². The van der Waals surface area contributed by atoms with E-state index >= 15 is 0 Å². The summed E-state index contributed by atoms with van der Waals surface area (Å²) < 4.78 is 4.66. The molecule has 5 heteroatoms. The van der Waals surface area contributed by atoms with E-state index in [2.05, 4.69) is 4.74 Å². The summed E-state index contributed by atoms with van der Waals surface area (Å²) in [7, 11) is 1.36. The second kappa shape index (κ2) is 7.67. The Kier molecular flexibility index (Phi) is 7.36. The van der Waals surface area contributed by atoms with Crippen LogP contribution in [0.4, 0.5) is 0 Å². The van der Waals surface area contributed by atoms with Gasteiger partial charge in [0.1, 0.15) is 5.25 Å². The molecular weight excluding hydrogens is 250 g/mol. The highest BCUT2D eigenvalue weighted by Crippen LogP contribution is 2.22. The molecule has 0 saturated heterocycles. The van der Waals surface area contributed by atoms with Crippen LogP contribution in [0.2, 0.25) is 0 Å². The molecule has 1 amide bonds. The molecule has 0 N–H and O–H groups in total. The van der Waals surface area contributed by atoms with E-state index in [1.807, 2.05) is 39.5 Å². The summed E-state index contributed by atoms with van der Waals surface area (Å²) in [5.74, 6) is -0.221. The van der Waals surface area contributed by atoms with Crippen LogP contribution in [-0.2, 0) is 14.3 Å². The maximum Gasteiger partial charge on any atom is 0.318 e. The Morgan fingerprint density at radius 3 is 1.72 bits per heavy atom. The van der Waals surface area contributed by atoms with Gasteiger partial charge < -0.3 is 9.64 Å². The third-order valence-corrected chi connectivity index (χ3v) is 3.87. The highest BCUT2D eigenvalue weighted by molar-refractivity contribution is 8.01. The van der Waals surface area contributed by atoms with Crippen LogP contribution in [0.1, 0.15) is 41.5 Å². The molecule has 4 nitrogen and oxygen atoms in total. The minimum atomic E-state index is -0.324. The summed E-state index contributed by atoms with van der Waals surface area (Å²) in [4.78, 5) is 25.5. The van der Waals surface area contributed by atoms with Crippen LogP contribution in [0.25, 0.3) is 0 Å². The summed E-state index contributed by atoms with van der Waals surface area (Å²) in [6.07, 6.45) is 0. The lowest BCUT2D eigenvalue weighted by Crippen LogP contribution is -2.46. The molecular formula is C13H25NO3S. The molecule has 0 heterocycles. The monoisotopic (exact) mass is 275 g/mol. The molecule has 0 spiro atoms. The number of hydrogen-bond acceptors (Lipinski definition) is 4. The molecule has 0 fully saturated rings. The van der Waals surface area contributed by atoms with Crippen molar-refractivity contribution >= 4 is 23.6 Å². The Labute approximate surface area is 114 Å². The second-order valence-electron chi connectivity index (χ2n) is 4.88. The lowest BCUT2D eigenvalue weighted by atomic mass is 10.2. The van der Waals surface area contributed by atoms with Gasteiger partial charge in [0, 0.05) is 12.1 Å². The second-order valence-corrected chi connectivity index (χ2v) is 6.56. The molecule has 106 valence electrons. The highest BCUT2D eigenvalue weighted by atomic mass is 32.2. The molecule has 0 aromatic rings. The van der Waals surface area contributed by atoms with Crippen molar-refractivity contribution in [2.45, 2.75) is 64.1 Å². The Bertz CT molecular complexity index is 284. The van der Waals surface area contributed by atoms with Gasteiger partial charge in [-0.25, -0.2) is 0 Å². The number of ether oxygens (including phenoxy) is 1. The van der Waals surface area contributed by atoms with Gasteiger partial charge in [-0.1, -0.05) is 0 Å². The van der Waals surface area contributed by atoms with Gasteiger partial charge in [-0.2, -0.15) is 0 Å². The molecule has 0 aliphatic heterocycles. The average molecular weight is 275 g/mol. The first-order chi connectivity index (χ1) is 8.22. The van der Waals surface area contributed by atoms with Crippen molar-refractivity contribution in [1.29, 1.82) is 0 Å². The predicted molar refractivity (Wildman–Crippen MR) is 75.6 cm³/mol. The molecule has 0 radical (unpaired) electrons. The van der Waals surface area contributed by atoms with Crippen LogP contribution in [0.5, 0.6) is 0 Å². The van der Waals surface area contributed by atoms with Crippen molar-refractivity contribution in [3.63, 3.8) is 0 Å². The van der Waals surface area contributed by atoms with Crippen LogP contribution in [-0.4, -0.2) is 46.5 Å². The van der Waals surface area contributed by atoms with Gasteiger partial charge in [-0.05, 0) is 41.5 Å². The molecule has 0 rings (SSSR count). The molecule has 0 saturated carbocycles. The van der Waals surface area contributed by atoms with Crippen molar-refractivity contribution in [3.8, 4) is 0 Å². The first kappa shape index (κ1) is 17.3. The van der Waals surface area contributed by atoms with Crippen LogP contribution >= 0.6 is 11.8 Å². The highest BCUT2D eigenvalue weighted by Gasteiger charge is 2.28. The summed E-state index contributed by atoms with van der Waals surface area (Å²) in [5, 5.41) is -0.570. The fourth-order valence-electron chi connectivity index (χ4n) is 1.90. The SMILES string of the molecule is COC(=O)[C@@H](C)S[C@H](C)C(=O)N(C(C)C)C(C)C. The summed E-state index contributed by atoms with van der Waals surface area (Å²) in [6, 6.07) is 0.322. The number of methoxy groups -OCH3 is 1. The van der Waals surface area contributed by atoms with E-state index in [1.165, 1.54) is 18.9 Å². The number of hydrogen-bond donors (Lipinski definition) is 0. The van der Waals surface area contributed by atoms with E-state index in [9.17, 15) is 9.59 Å². The lowest BCUT2D eigenvalue weighted by Gasteiger charge is -2.33. The van der Waals surface area contributed by atoms with Gasteiger partial charge in [-0.15, -0.1) is 11.8 Å². The average Bonchev–Trinajstić information content (AvgIpc) is 2.26. The zero-order valence-electron chi connectivity index (χ0n) is 12.4. The fraction of sp³-hybridized carbons (Fsp3) is 0.846. The lowest BCUT2D eigenvalue weighted by molar-refractivity contribution is -0.139. The summed E-state index contributed by atoms with van der Waals surface area (Å²) in [6.45, 7) is 11.6. The van der Waals surface area contributed by atoms with Gasteiger partial charge in [-0.3, -0.25) is 9.59 Å². The van der Waals surface area contributed by atoms with Crippen LogP contribution in [0, 0.1) is 0 Å². The van der Waals surface area contributed by atoms with Crippen molar-refractivity contribution in [2.75, 3.05) is 7.11 Å². The Hall–Kier alpha value is -0.710. The molecule has 0 aliphatic carbocycles. The predicted octanol–water partition coefficient (Wildman–Crippen LogP) is 2.32. The van der Waals surface area contributed by atoms with Gasteiger partial charge in [0.15, 0.2) is 0 Å². The third kappa shape index (κ3) is 4.88. The first-order valence-corrected chi connectivity index (χ1v) is 7.22. The Balaban J connectivity index is 4.62. The summed E-state index contributed by atoms with van der Waals surface area (Å²) >= 11 is 1.34. The topological polar surface area (TPSA) is 46.6 Å². The van der Waals surface area contributed by atoms with Crippen LogP contribution < -0.4 is 0 Å². The fourth-order valence-corrected chi connectivity index (χ4v) is 2.96. The van der Waals surface area contributed by atoms with E-state index in [0.717, 1.165) is 0 Å². The molecule has 0 aromatic carbocycles. The standard InChI is InChI=1S/C13H25NO3S/c1-8(2)14(9(3)4)12(15)10(5)18-11(6)13(16)17-7/h8-11H,1-7H3/t10-,11-/m1/s1. The maximum atomic E-state index is 12.3. The zero-order chi connectivity index (χ0) is 14.5. The van der Waals surface area contributed by atoms with Crippen molar-refractivity contribution in [1.82, 2.24) is 4.90 Å². The minimum absolute atomic E-state index is 0.0701. The van der Waals surface area contributed by atoms with E-state index in [1.54, 1.807) is 6.92 Å². The number of carbonyl (C=O) groups excluding carboxylic acids is 2. The Morgan fingerprint density at radius 2 is 1.39 bits per heavy atom. The normalized spacial score (nSPS) is 14.5. The number of carbonyl (C=O) groups is 2. The molecule has 0 aromatic heterocycles. The molecule has 0 aliphatic rings. The van der Waals surface area contributed by atoms with Crippen molar-refractivity contribution < 1.29 is 14.3 Å². The largest absolute Gasteiger partial charge is 0.468 e. The van der Waals surface area contributed by atoms with Crippen molar-refractivity contribution in [2.24, 2.45) is 0 Å². The number of nitrogens with zero attached hydrogens (tertiary/aromatic N) is 1. The molecule has 2 atom stereocenters. The minimum Gasteiger partial charge on any atom is -0.468 e. The van der Waals surface area contributed by atoms with Gasteiger partial charge in [0.25, 0.3) is 0 Å². The molecule has 0 unspecified atom stereocenters. The van der Waals surface area contributed by atoms with Gasteiger partial charge >= 0.3 is 5.97 Å². The van der Waals surface area contributed by atoms with Crippen molar-refractivity contribution in [3.05, 3.63) is 0 Å². The number of esters is 1. The van der Waals surface area contributed by atoms with Gasteiger partial charge in [0.2, 0.25) is 5.91 Å².